The molecule has 0 bridgehead atoms. The molecule has 8 heteroatoms. The van der Waals surface area contributed by atoms with E-state index in [-0.39, 0.29) is 22.4 Å². The van der Waals surface area contributed by atoms with Crippen molar-refractivity contribution in [2.75, 3.05) is 20.2 Å². The summed E-state index contributed by atoms with van der Waals surface area (Å²) in [6.45, 7) is 1.02. The van der Waals surface area contributed by atoms with Crippen LogP contribution in [0.15, 0.2) is 47.0 Å². The molecule has 1 amide bonds. The first-order valence-electron chi connectivity index (χ1n) is 9.28. The van der Waals surface area contributed by atoms with Crippen molar-refractivity contribution in [3.8, 4) is 17.2 Å². The van der Waals surface area contributed by atoms with Crippen LogP contribution in [0.3, 0.4) is 0 Å². The van der Waals surface area contributed by atoms with Gasteiger partial charge in [0.2, 0.25) is 0 Å². The average Bonchev–Trinajstić information content (AvgIpc) is 3.25. The number of ether oxygens (including phenoxy) is 1. The van der Waals surface area contributed by atoms with Gasteiger partial charge >= 0.3 is 0 Å². The Morgan fingerprint density at radius 1 is 1.24 bits per heavy atom. The van der Waals surface area contributed by atoms with Gasteiger partial charge in [-0.05, 0) is 43.2 Å². The third kappa shape index (κ3) is 3.96. The quantitative estimate of drug-likeness (QED) is 0.625. The Morgan fingerprint density at radius 2 is 2.00 bits per heavy atom. The van der Waals surface area contributed by atoms with Crippen molar-refractivity contribution in [2.24, 2.45) is 0 Å². The molecule has 0 unspecified atom stereocenters. The number of rotatable bonds is 4. The second kappa shape index (κ2) is 8.21. The van der Waals surface area contributed by atoms with Crippen LogP contribution in [-0.2, 0) is 0 Å². The Labute approximate surface area is 172 Å². The van der Waals surface area contributed by atoms with Crippen molar-refractivity contribution in [3.05, 3.63) is 64.7 Å². The summed E-state index contributed by atoms with van der Waals surface area (Å²) < 4.78 is 24.3. The molecule has 1 aliphatic heterocycles. The number of carbonyl (C=O) groups excluding carboxylic acids is 1. The normalized spacial score (nSPS) is 14.8. The number of nitrogens with zero attached hydrogens (tertiary/aromatic N) is 3. The fourth-order valence-electron chi connectivity index (χ4n) is 3.50. The average molecular weight is 416 g/mol. The Balaban J connectivity index is 1.45. The lowest BCUT2D eigenvalue weighted by Crippen LogP contribution is -2.38. The number of hydrogen-bond acceptors (Lipinski definition) is 5. The minimum absolute atomic E-state index is 0.0780. The van der Waals surface area contributed by atoms with Crippen molar-refractivity contribution in [2.45, 2.75) is 18.8 Å². The largest absolute Gasteiger partial charge is 0.496 e. The van der Waals surface area contributed by atoms with Crippen LogP contribution in [0.5, 0.6) is 5.75 Å². The minimum Gasteiger partial charge on any atom is -0.496 e. The van der Waals surface area contributed by atoms with Crippen molar-refractivity contribution in [3.63, 3.8) is 0 Å². The minimum atomic E-state index is -0.483. The summed E-state index contributed by atoms with van der Waals surface area (Å²) in [5.74, 6) is 1.01. The van der Waals surface area contributed by atoms with Gasteiger partial charge in [-0.3, -0.25) is 4.79 Å². The number of para-hydroxylation sites is 1. The van der Waals surface area contributed by atoms with Gasteiger partial charge in [-0.1, -0.05) is 28.9 Å². The molecule has 29 heavy (non-hydrogen) atoms. The highest BCUT2D eigenvalue weighted by molar-refractivity contribution is 6.33. The number of halogens is 2. The summed E-state index contributed by atoms with van der Waals surface area (Å²) in [5.41, 5.74) is 0.922. The lowest BCUT2D eigenvalue weighted by molar-refractivity contribution is 0.0710. The second-order valence-corrected chi connectivity index (χ2v) is 7.26. The predicted octanol–water partition coefficient (Wildman–Crippen LogP) is 4.56. The molecule has 2 heterocycles. The summed E-state index contributed by atoms with van der Waals surface area (Å²) in [5, 5.41) is 4.38. The van der Waals surface area contributed by atoms with Crippen molar-refractivity contribution >= 4 is 17.5 Å². The first kappa shape index (κ1) is 19.4. The third-order valence-electron chi connectivity index (χ3n) is 5.09. The molecule has 1 aliphatic rings. The van der Waals surface area contributed by atoms with Gasteiger partial charge in [0.15, 0.2) is 5.82 Å². The summed E-state index contributed by atoms with van der Waals surface area (Å²) in [6.07, 6.45) is 1.37. The van der Waals surface area contributed by atoms with E-state index in [4.69, 9.17) is 20.9 Å². The van der Waals surface area contributed by atoms with Gasteiger partial charge in [0.1, 0.15) is 11.6 Å². The molecule has 1 saturated heterocycles. The molecule has 0 atom stereocenters. The Bertz CT molecular complexity index is 1030. The maximum absolute atomic E-state index is 13.5. The summed E-state index contributed by atoms with van der Waals surface area (Å²) in [4.78, 5) is 18.9. The second-order valence-electron chi connectivity index (χ2n) is 6.85. The van der Waals surface area contributed by atoms with Gasteiger partial charge in [-0.25, -0.2) is 4.39 Å². The molecule has 150 valence electrons. The molecule has 3 aromatic rings. The monoisotopic (exact) mass is 415 g/mol. The van der Waals surface area contributed by atoms with Gasteiger partial charge in [0, 0.05) is 19.0 Å². The lowest BCUT2D eigenvalue weighted by atomic mass is 9.95. The molecule has 2 aromatic carbocycles. The number of piperidine rings is 1. The molecule has 0 N–H and O–H groups in total. The van der Waals surface area contributed by atoms with Gasteiger partial charge in [-0.2, -0.15) is 4.98 Å². The first-order chi connectivity index (χ1) is 14.1. The van der Waals surface area contributed by atoms with Crippen LogP contribution < -0.4 is 4.74 Å². The number of methoxy groups -OCH3 is 1. The number of carbonyl (C=O) groups is 1. The zero-order chi connectivity index (χ0) is 20.4. The molecule has 0 spiro atoms. The third-order valence-corrected chi connectivity index (χ3v) is 5.41. The van der Waals surface area contributed by atoms with Crippen LogP contribution in [0, 0.1) is 5.82 Å². The van der Waals surface area contributed by atoms with E-state index in [1.807, 2.05) is 24.3 Å². The summed E-state index contributed by atoms with van der Waals surface area (Å²) >= 11 is 6.06. The van der Waals surface area contributed by atoms with E-state index in [1.165, 1.54) is 18.2 Å². The number of likely N-dealkylation sites (tertiary alicyclic amines) is 1. The molecule has 0 aliphatic carbocycles. The van der Waals surface area contributed by atoms with Gasteiger partial charge in [0.05, 0.1) is 23.3 Å². The lowest BCUT2D eigenvalue weighted by Gasteiger charge is -2.30. The maximum atomic E-state index is 13.5. The Kier molecular flexibility index (Phi) is 5.49. The van der Waals surface area contributed by atoms with Crippen LogP contribution in [0.4, 0.5) is 4.39 Å². The molecule has 6 nitrogen and oxygen atoms in total. The number of amides is 1. The summed E-state index contributed by atoms with van der Waals surface area (Å²) in [7, 11) is 1.59. The maximum Gasteiger partial charge on any atom is 0.261 e. The molecule has 1 aromatic heterocycles. The Hall–Kier alpha value is -2.93. The topological polar surface area (TPSA) is 68.5 Å². The number of benzene rings is 2. The van der Waals surface area contributed by atoms with Gasteiger partial charge < -0.3 is 14.2 Å². The van der Waals surface area contributed by atoms with E-state index in [1.54, 1.807) is 12.0 Å². The predicted molar refractivity (Wildman–Crippen MR) is 106 cm³/mol. The van der Waals surface area contributed by atoms with Gasteiger partial charge in [0.25, 0.3) is 11.8 Å². The fourth-order valence-corrected chi connectivity index (χ4v) is 3.70. The van der Waals surface area contributed by atoms with Crippen molar-refractivity contribution < 1.29 is 18.4 Å². The molecular weight excluding hydrogens is 397 g/mol. The van der Waals surface area contributed by atoms with E-state index >= 15 is 0 Å². The Morgan fingerprint density at radius 3 is 2.76 bits per heavy atom. The highest BCUT2D eigenvalue weighted by Crippen LogP contribution is 2.32. The smallest absolute Gasteiger partial charge is 0.261 e. The number of aromatic nitrogens is 2. The zero-order valence-corrected chi connectivity index (χ0v) is 16.5. The van der Waals surface area contributed by atoms with Crippen LogP contribution in [0.25, 0.3) is 11.5 Å². The first-order valence-corrected chi connectivity index (χ1v) is 9.66. The molecular formula is C21H19ClFN3O3. The van der Waals surface area contributed by atoms with E-state index in [2.05, 4.69) is 10.1 Å². The van der Waals surface area contributed by atoms with Crippen LogP contribution in [0.2, 0.25) is 5.02 Å². The molecule has 0 saturated carbocycles. The zero-order valence-electron chi connectivity index (χ0n) is 15.8. The van der Waals surface area contributed by atoms with E-state index in [0.29, 0.717) is 43.4 Å². The van der Waals surface area contributed by atoms with Crippen molar-refractivity contribution in [1.29, 1.82) is 0 Å². The van der Waals surface area contributed by atoms with Crippen molar-refractivity contribution in [1.82, 2.24) is 15.0 Å². The number of hydrogen-bond donors (Lipinski definition) is 0. The standard InChI is InChI=1S/C21H19ClFN3O3/c1-28-18-5-3-2-4-15(18)20-24-19(25-29-20)13-8-10-26(11-9-13)21(27)16-12-14(23)6-7-17(16)22/h2-7,12-13H,8-11H2,1H3. The molecule has 4 rings (SSSR count). The van der Waals surface area contributed by atoms with Crippen LogP contribution in [0.1, 0.15) is 34.9 Å². The fraction of sp³-hybridized carbons (Fsp3) is 0.286. The SMILES string of the molecule is COc1ccccc1-c1nc(C2CCN(C(=O)c3cc(F)ccc3Cl)CC2)no1. The van der Waals surface area contributed by atoms with Gasteiger partial charge in [-0.15, -0.1) is 0 Å². The van der Waals surface area contributed by atoms with E-state index < -0.39 is 5.82 Å². The molecule has 0 radical (unpaired) electrons. The van der Waals surface area contributed by atoms with E-state index in [0.717, 1.165) is 5.56 Å². The van der Waals surface area contributed by atoms with Crippen LogP contribution in [-0.4, -0.2) is 41.1 Å². The van der Waals surface area contributed by atoms with Crippen LogP contribution >= 0.6 is 11.6 Å². The highest BCUT2D eigenvalue weighted by atomic mass is 35.5. The molecule has 1 fully saturated rings. The highest BCUT2D eigenvalue weighted by Gasteiger charge is 2.29. The van der Waals surface area contributed by atoms with E-state index in [9.17, 15) is 9.18 Å². The summed E-state index contributed by atoms with van der Waals surface area (Å²) in [6, 6.07) is 11.3.